The summed E-state index contributed by atoms with van der Waals surface area (Å²) in [4.78, 5) is 9.28. The van der Waals surface area contributed by atoms with Crippen molar-refractivity contribution >= 4 is 11.6 Å². The summed E-state index contributed by atoms with van der Waals surface area (Å²) in [6.07, 6.45) is 3.49. The van der Waals surface area contributed by atoms with Crippen LogP contribution in [0.1, 0.15) is 36.6 Å². The molecule has 1 saturated heterocycles. The van der Waals surface area contributed by atoms with E-state index < -0.39 is 0 Å². The van der Waals surface area contributed by atoms with Crippen LogP contribution in [0, 0.1) is 6.92 Å². The highest BCUT2D eigenvalue weighted by atomic mass is 16.5. The molecule has 0 amide bonds. The third-order valence-electron chi connectivity index (χ3n) is 3.61. The van der Waals surface area contributed by atoms with Crippen molar-refractivity contribution in [3.63, 3.8) is 0 Å². The van der Waals surface area contributed by atoms with Gasteiger partial charge in [0.1, 0.15) is 17.5 Å². The summed E-state index contributed by atoms with van der Waals surface area (Å²) in [7, 11) is 1.91. The molecule has 2 aliphatic rings. The molecule has 2 fully saturated rings. The molecule has 1 aliphatic heterocycles. The molecule has 0 aromatic carbocycles. The Balaban J connectivity index is 1.87. The van der Waals surface area contributed by atoms with E-state index in [9.17, 15) is 0 Å². The smallest absolute Gasteiger partial charge is 0.136 e. The van der Waals surface area contributed by atoms with Crippen LogP contribution in [-0.4, -0.2) is 36.3 Å². The topological polar surface area (TPSA) is 59.1 Å². The Morgan fingerprint density at radius 1 is 1.17 bits per heavy atom. The molecule has 1 unspecified atom stereocenters. The summed E-state index contributed by atoms with van der Waals surface area (Å²) >= 11 is 0. The number of aromatic nitrogens is 2. The Hall–Kier alpha value is -1.36. The fourth-order valence-electron chi connectivity index (χ4n) is 2.28. The largest absolute Gasteiger partial charge is 0.379 e. The fraction of sp³-hybridized carbons (Fsp3) is 0.692. The van der Waals surface area contributed by atoms with Crippen molar-refractivity contribution in [3.8, 4) is 0 Å². The second-order valence-electron chi connectivity index (χ2n) is 5.13. The predicted octanol–water partition coefficient (Wildman–Crippen LogP) is 1.90. The highest BCUT2D eigenvalue weighted by Crippen LogP contribution is 2.39. The molecule has 0 spiro atoms. The van der Waals surface area contributed by atoms with Crippen molar-refractivity contribution in [2.45, 2.75) is 38.1 Å². The molecule has 1 aromatic rings. The van der Waals surface area contributed by atoms with Crippen LogP contribution >= 0.6 is 0 Å². The second-order valence-corrected chi connectivity index (χ2v) is 5.13. The molecule has 0 radical (unpaired) electrons. The second kappa shape index (κ2) is 4.72. The van der Waals surface area contributed by atoms with Crippen molar-refractivity contribution in [3.05, 3.63) is 11.4 Å². The van der Waals surface area contributed by atoms with Gasteiger partial charge in [0.2, 0.25) is 0 Å². The molecule has 2 N–H and O–H groups in total. The number of hydrogen-bond donors (Lipinski definition) is 2. The lowest BCUT2D eigenvalue weighted by Crippen LogP contribution is -2.21. The van der Waals surface area contributed by atoms with Gasteiger partial charge in [-0.15, -0.1) is 0 Å². The summed E-state index contributed by atoms with van der Waals surface area (Å²) in [6.45, 7) is 3.67. The monoisotopic (exact) mass is 248 g/mol. The molecule has 1 saturated carbocycles. The van der Waals surface area contributed by atoms with Gasteiger partial charge in [-0.1, -0.05) is 0 Å². The van der Waals surface area contributed by atoms with Crippen molar-refractivity contribution < 1.29 is 4.74 Å². The number of nitrogens with one attached hydrogen (secondary N) is 2. The molecule has 0 bridgehead atoms. The van der Waals surface area contributed by atoms with Crippen molar-refractivity contribution in [2.24, 2.45) is 0 Å². The number of ether oxygens (including phenoxy) is 1. The molecule has 98 valence electrons. The van der Waals surface area contributed by atoms with Crippen LogP contribution in [0.15, 0.2) is 0 Å². The highest BCUT2D eigenvalue weighted by molar-refractivity contribution is 5.57. The van der Waals surface area contributed by atoms with Crippen LogP contribution in [0.2, 0.25) is 0 Å². The minimum Gasteiger partial charge on any atom is -0.379 e. The average Bonchev–Trinajstić information content (AvgIpc) is 3.11. The maximum atomic E-state index is 5.39. The molecule has 3 rings (SSSR count). The quantitative estimate of drug-likeness (QED) is 0.852. The van der Waals surface area contributed by atoms with Gasteiger partial charge < -0.3 is 15.4 Å². The molecule has 1 atom stereocenters. The Kier molecular flexibility index (Phi) is 3.07. The zero-order valence-corrected chi connectivity index (χ0v) is 11.0. The van der Waals surface area contributed by atoms with Crippen LogP contribution in [0.4, 0.5) is 11.6 Å². The predicted molar refractivity (Wildman–Crippen MR) is 71.1 cm³/mol. The van der Waals surface area contributed by atoms with Crippen LogP contribution in [0.25, 0.3) is 0 Å². The van der Waals surface area contributed by atoms with Crippen LogP contribution in [0.5, 0.6) is 0 Å². The molecule has 1 aliphatic carbocycles. The Morgan fingerprint density at radius 3 is 2.56 bits per heavy atom. The van der Waals surface area contributed by atoms with Crippen LogP contribution < -0.4 is 10.6 Å². The van der Waals surface area contributed by atoms with Crippen molar-refractivity contribution in [2.75, 3.05) is 30.9 Å². The standard InChI is InChI=1S/C13H20N4O/c1-8-11(14-2)16-13(9-3-4-9)17-12(8)15-10-5-6-18-7-10/h9-10H,3-7H2,1-2H3,(H2,14,15,16,17). The lowest BCUT2D eigenvalue weighted by atomic mass is 10.2. The molecule has 5 nitrogen and oxygen atoms in total. The first-order chi connectivity index (χ1) is 8.78. The lowest BCUT2D eigenvalue weighted by molar-refractivity contribution is 0.195. The molecular formula is C13H20N4O. The van der Waals surface area contributed by atoms with E-state index in [2.05, 4.69) is 27.5 Å². The Morgan fingerprint density at radius 2 is 1.94 bits per heavy atom. The maximum Gasteiger partial charge on any atom is 0.136 e. The van der Waals surface area contributed by atoms with E-state index in [4.69, 9.17) is 4.74 Å². The molecular weight excluding hydrogens is 228 g/mol. The third kappa shape index (κ3) is 2.27. The Bertz CT molecular complexity index is 439. The minimum atomic E-state index is 0.385. The van der Waals surface area contributed by atoms with E-state index >= 15 is 0 Å². The van der Waals surface area contributed by atoms with Gasteiger partial charge in [0.25, 0.3) is 0 Å². The number of hydrogen-bond acceptors (Lipinski definition) is 5. The van der Waals surface area contributed by atoms with Gasteiger partial charge in [-0.25, -0.2) is 9.97 Å². The van der Waals surface area contributed by atoms with Crippen LogP contribution in [-0.2, 0) is 4.74 Å². The van der Waals surface area contributed by atoms with Crippen LogP contribution in [0.3, 0.4) is 0 Å². The van der Waals surface area contributed by atoms with E-state index in [-0.39, 0.29) is 0 Å². The zero-order chi connectivity index (χ0) is 12.5. The van der Waals surface area contributed by atoms with Gasteiger partial charge in [0, 0.05) is 25.1 Å². The maximum absolute atomic E-state index is 5.39. The van der Waals surface area contributed by atoms with Gasteiger partial charge in [0.15, 0.2) is 0 Å². The van der Waals surface area contributed by atoms with Crippen molar-refractivity contribution in [1.82, 2.24) is 9.97 Å². The third-order valence-corrected chi connectivity index (χ3v) is 3.61. The summed E-state index contributed by atoms with van der Waals surface area (Å²) < 4.78 is 5.39. The van der Waals surface area contributed by atoms with E-state index in [1.54, 1.807) is 0 Å². The van der Waals surface area contributed by atoms with Gasteiger partial charge in [-0.3, -0.25) is 0 Å². The average molecular weight is 248 g/mol. The zero-order valence-electron chi connectivity index (χ0n) is 11.0. The fourth-order valence-corrected chi connectivity index (χ4v) is 2.28. The first-order valence-corrected chi connectivity index (χ1v) is 6.68. The van der Waals surface area contributed by atoms with Gasteiger partial charge >= 0.3 is 0 Å². The number of nitrogens with zero attached hydrogens (tertiary/aromatic N) is 2. The first kappa shape index (κ1) is 11.7. The molecule has 18 heavy (non-hydrogen) atoms. The van der Waals surface area contributed by atoms with Gasteiger partial charge in [-0.2, -0.15) is 0 Å². The number of rotatable bonds is 4. The van der Waals surface area contributed by atoms with Gasteiger partial charge in [0.05, 0.1) is 12.6 Å². The Labute approximate surface area is 107 Å². The number of anilines is 2. The lowest BCUT2D eigenvalue weighted by Gasteiger charge is -2.16. The summed E-state index contributed by atoms with van der Waals surface area (Å²) in [6, 6.07) is 0.385. The van der Waals surface area contributed by atoms with E-state index in [1.165, 1.54) is 12.8 Å². The van der Waals surface area contributed by atoms with E-state index in [0.29, 0.717) is 12.0 Å². The summed E-state index contributed by atoms with van der Waals surface area (Å²) in [5, 5.41) is 6.65. The summed E-state index contributed by atoms with van der Waals surface area (Å²) in [5.74, 6) is 3.45. The highest BCUT2D eigenvalue weighted by Gasteiger charge is 2.28. The first-order valence-electron chi connectivity index (χ1n) is 6.68. The normalized spacial score (nSPS) is 23.1. The molecule has 1 aromatic heterocycles. The minimum absolute atomic E-state index is 0.385. The summed E-state index contributed by atoms with van der Waals surface area (Å²) in [5.41, 5.74) is 1.09. The molecule has 5 heteroatoms. The van der Waals surface area contributed by atoms with E-state index in [0.717, 1.165) is 42.7 Å². The SMILES string of the molecule is CNc1nc(C2CC2)nc(NC2CCOC2)c1C. The molecule has 2 heterocycles. The van der Waals surface area contributed by atoms with Gasteiger partial charge in [-0.05, 0) is 26.2 Å². The van der Waals surface area contributed by atoms with E-state index in [1.807, 2.05) is 7.05 Å². The van der Waals surface area contributed by atoms with Crippen molar-refractivity contribution in [1.29, 1.82) is 0 Å².